The number of aromatic nitrogens is 2. The average Bonchev–Trinajstić information content (AvgIpc) is 3.17. The maximum Gasteiger partial charge on any atom is 0.326 e. The number of carboxylic acids is 1. The Morgan fingerprint density at radius 3 is 2.66 bits per heavy atom. The van der Waals surface area contributed by atoms with E-state index in [0.29, 0.717) is 54.5 Å². The Bertz CT molecular complexity index is 1050. The average molecular weight is 413 g/mol. The number of hydrogen-bond acceptors (Lipinski definition) is 8. The highest BCUT2D eigenvalue weighted by Gasteiger charge is 2.27. The van der Waals surface area contributed by atoms with Crippen LogP contribution in [0, 0.1) is 16.0 Å². The Morgan fingerprint density at radius 1 is 1.28 bits per heavy atom. The van der Waals surface area contributed by atoms with Crippen molar-refractivity contribution in [3.63, 3.8) is 0 Å². The minimum absolute atomic E-state index is 0.0128. The fourth-order valence-corrected chi connectivity index (χ4v) is 4.21. The third-order valence-electron chi connectivity index (χ3n) is 4.98. The topological polar surface area (TPSA) is 121 Å². The zero-order chi connectivity index (χ0) is 20.4. The second-order valence-electron chi connectivity index (χ2n) is 6.87. The van der Waals surface area contributed by atoms with Crippen molar-refractivity contribution >= 4 is 44.3 Å². The minimum Gasteiger partial charge on any atom is -0.481 e. The van der Waals surface area contributed by atoms with Gasteiger partial charge >= 0.3 is 11.0 Å². The van der Waals surface area contributed by atoms with Gasteiger partial charge in [0.2, 0.25) is 5.95 Å². The number of thiophene rings is 1. The molecule has 1 aliphatic heterocycles. The maximum atomic E-state index is 11.2. The zero-order valence-corrected chi connectivity index (χ0v) is 16.3. The van der Waals surface area contributed by atoms with Crippen LogP contribution in [-0.4, -0.2) is 39.1 Å². The molecule has 3 heterocycles. The zero-order valence-electron chi connectivity index (χ0n) is 15.4. The van der Waals surface area contributed by atoms with Crippen LogP contribution in [0.3, 0.4) is 0 Å². The fourth-order valence-electron chi connectivity index (χ4n) is 3.37. The van der Waals surface area contributed by atoms with Crippen LogP contribution in [0.4, 0.5) is 16.8 Å². The molecule has 0 radical (unpaired) electrons. The van der Waals surface area contributed by atoms with Crippen LogP contribution in [0.1, 0.15) is 18.4 Å². The first-order chi connectivity index (χ1) is 14.0. The van der Waals surface area contributed by atoms with Crippen molar-refractivity contribution in [2.24, 2.45) is 5.92 Å². The number of anilines is 2. The molecule has 1 aliphatic rings. The summed E-state index contributed by atoms with van der Waals surface area (Å²) in [4.78, 5) is 33.6. The molecule has 1 aromatic carbocycles. The van der Waals surface area contributed by atoms with Crippen molar-refractivity contribution in [2.45, 2.75) is 19.4 Å². The molecular formula is C19H19N5O4S. The van der Waals surface area contributed by atoms with Crippen LogP contribution < -0.4 is 10.2 Å². The second-order valence-corrected chi connectivity index (χ2v) is 7.88. The smallest absolute Gasteiger partial charge is 0.326 e. The molecular weight excluding hydrogens is 394 g/mol. The third-order valence-corrected chi connectivity index (χ3v) is 5.96. The number of rotatable bonds is 6. The molecule has 0 bridgehead atoms. The van der Waals surface area contributed by atoms with Crippen molar-refractivity contribution in [2.75, 3.05) is 23.3 Å². The van der Waals surface area contributed by atoms with Gasteiger partial charge in [-0.05, 0) is 29.7 Å². The largest absolute Gasteiger partial charge is 0.481 e. The number of benzene rings is 1. The molecule has 29 heavy (non-hydrogen) atoms. The molecule has 2 N–H and O–H groups in total. The summed E-state index contributed by atoms with van der Waals surface area (Å²) in [5.74, 6) is -0.124. The van der Waals surface area contributed by atoms with Gasteiger partial charge in [-0.2, -0.15) is 4.98 Å². The Morgan fingerprint density at radius 2 is 2.00 bits per heavy atom. The predicted molar refractivity (Wildman–Crippen MR) is 110 cm³/mol. The van der Waals surface area contributed by atoms with Gasteiger partial charge < -0.3 is 15.3 Å². The number of hydrogen-bond donors (Lipinski definition) is 2. The van der Waals surface area contributed by atoms with Crippen molar-refractivity contribution < 1.29 is 14.8 Å². The molecule has 0 spiro atoms. The number of nitro groups is 1. The second kappa shape index (κ2) is 8.00. The van der Waals surface area contributed by atoms with E-state index in [-0.39, 0.29) is 10.9 Å². The summed E-state index contributed by atoms with van der Waals surface area (Å²) in [6.07, 6.45) is 1.04. The van der Waals surface area contributed by atoms with Crippen LogP contribution >= 0.6 is 11.3 Å². The SMILES string of the molecule is O=C(O)C1CCN(c2nc(NCc3ccccc3)c3cc([N+](=O)[O-])sc3n2)CC1. The molecule has 4 rings (SSSR count). The summed E-state index contributed by atoms with van der Waals surface area (Å²) in [5.41, 5.74) is 1.06. The van der Waals surface area contributed by atoms with E-state index in [9.17, 15) is 20.0 Å². The summed E-state index contributed by atoms with van der Waals surface area (Å²) in [6, 6.07) is 11.3. The van der Waals surface area contributed by atoms with Gasteiger partial charge in [0.05, 0.1) is 16.2 Å². The summed E-state index contributed by atoms with van der Waals surface area (Å²) >= 11 is 1.01. The van der Waals surface area contributed by atoms with Crippen LogP contribution in [0.25, 0.3) is 10.2 Å². The lowest BCUT2D eigenvalue weighted by molar-refractivity contribution is -0.380. The predicted octanol–water partition coefficient (Wildman–Crippen LogP) is 3.51. The number of piperidine rings is 1. The van der Waals surface area contributed by atoms with Gasteiger partial charge in [0.1, 0.15) is 10.6 Å². The van der Waals surface area contributed by atoms with E-state index in [2.05, 4.69) is 15.3 Å². The lowest BCUT2D eigenvalue weighted by Gasteiger charge is -2.30. The Hall–Kier alpha value is -3.27. The molecule has 150 valence electrons. The van der Waals surface area contributed by atoms with Crippen LogP contribution in [0.5, 0.6) is 0 Å². The summed E-state index contributed by atoms with van der Waals surface area (Å²) in [7, 11) is 0. The number of carboxylic acid groups (broad SMARTS) is 1. The van der Waals surface area contributed by atoms with E-state index in [1.165, 1.54) is 6.07 Å². The normalized spacial score (nSPS) is 14.8. The molecule has 0 unspecified atom stereocenters. The lowest BCUT2D eigenvalue weighted by Crippen LogP contribution is -2.37. The summed E-state index contributed by atoms with van der Waals surface area (Å²) in [6.45, 7) is 1.60. The number of fused-ring (bicyclic) bond motifs is 1. The molecule has 0 amide bonds. The van der Waals surface area contributed by atoms with Gasteiger partial charge in [-0.3, -0.25) is 14.9 Å². The number of aliphatic carboxylic acids is 1. The van der Waals surface area contributed by atoms with Gasteiger partial charge in [-0.1, -0.05) is 30.3 Å². The van der Waals surface area contributed by atoms with Crippen molar-refractivity contribution in [1.29, 1.82) is 0 Å². The van der Waals surface area contributed by atoms with E-state index < -0.39 is 10.9 Å². The number of carbonyl (C=O) groups is 1. The van der Waals surface area contributed by atoms with Crippen LogP contribution in [0.2, 0.25) is 0 Å². The van der Waals surface area contributed by atoms with Gasteiger partial charge in [0, 0.05) is 25.7 Å². The Labute approximate surface area is 170 Å². The minimum atomic E-state index is -0.778. The van der Waals surface area contributed by atoms with Crippen molar-refractivity contribution in [1.82, 2.24) is 9.97 Å². The maximum absolute atomic E-state index is 11.2. The van der Waals surface area contributed by atoms with Crippen LogP contribution in [-0.2, 0) is 11.3 Å². The van der Waals surface area contributed by atoms with E-state index in [1.54, 1.807) is 0 Å². The molecule has 1 saturated heterocycles. The summed E-state index contributed by atoms with van der Waals surface area (Å²) < 4.78 is 0. The van der Waals surface area contributed by atoms with E-state index in [1.807, 2.05) is 35.2 Å². The molecule has 0 aliphatic carbocycles. The Kier molecular flexibility index (Phi) is 5.26. The Balaban J connectivity index is 1.64. The molecule has 9 nitrogen and oxygen atoms in total. The van der Waals surface area contributed by atoms with Gasteiger partial charge in [-0.15, -0.1) is 0 Å². The fraction of sp³-hybridized carbons (Fsp3) is 0.316. The van der Waals surface area contributed by atoms with Gasteiger partial charge in [-0.25, -0.2) is 4.98 Å². The molecule has 1 fully saturated rings. The molecule has 2 aromatic heterocycles. The summed E-state index contributed by atoms with van der Waals surface area (Å²) in [5, 5.41) is 24.3. The number of nitrogens with one attached hydrogen (secondary N) is 1. The third kappa shape index (κ3) is 4.11. The van der Waals surface area contributed by atoms with E-state index in [0.717, 1.165) is 16.9 Å². The molecule has 0 saturated carbocycles. The lowest BCUT2D eigenvalue weighted by atomic mass is 9.97. The van der Waals surface area contributed by atoms with Gasteiger partial charge in [0.25, 0.3) is 0 Å². The highest BCUT2D eigenvalue weighted by molar-refractivity contribution is 7.21. The number of nitrogens with zero attached hydrogens (tertiary/aromatic N) is 4. The molecule has 0 atom stereocenters. The highest BCUT2D eigenvalue weighted by atomic mass is 32.1. The monoisotopic (exact) mass is 413 g/mol. The van der Waals surface area contributed by atoms with Crippen LogP contribution in [0.15, 0.2) is 36.4 Å². The quantitative estimate of drug-likeness (QED) is 0.465. The van der Waals surface area contributed by atoms with Gasteiger partial charge in [0.15, 0.2) is 0 Å². The molecule has 3 aromatic rings. The highest BCUT2D eigenvalue weighted by Crippen LogP contribution is 2.35. The first kappa shape index (κ1) is 19.1. The first-order valence-corrected chi connectivity index (χ1v) is 10.0. The standard InChI is InChI=1S/C19H19N5O4S/c25-18(26)13-6-8-23(9-7-13)19-21-16(20-11-12-4-2-1-3-5-12)14-10-15(24(27)28)29-17(14)22-19/h1-5,10,13H,6-9,11H2,(H,25,26)(H,20,21,22). The first-order valence-electron chi connectivity index (χ1n) is 9.23. The van der Waals surface area contributed by atoms with E-state index >= 15 is 0 Å². The molecule has 10 heteroatoms. The van der Waals surface area contributed by atoms with Crippen molar-refractivity contribution in [3.05, 3.63) is 52.1 Å². The van der Waals surface area contributed by atoms with Crippen molar-refractivity contribution in [3.8, 4) is 0 Å². The van der Waals surface area contributed by atoms with E-state index in [4.69, 9.17) is 0 Å².